The highest BCUT2D eigenvalue weighted by molar-refractivity contribution is 7.91. The van der Waals surface area contributed by atoms with Crippen molar-refractivity contribution in [1.82, 2.24) is 4.31 Å². The molecular weight excluding hydrogens is 446 g/mol. The number of carbonyl (C=O) groups is 2. The Morgan fingerprint density at radius 3 is 2.28 bits per heavy atom. The number of Topliss-reactive ketones (excluding diaryl/α,β-unsaturated/α-hetero) is 1. The van der Waals surface area contributed by atoms with E-state index in [2.05, 4.69) is 0 Å². The minimum absolute atomic E-state index is 0.216. The molecule has 0 spiro atoms. The van der Waals surface area contributed by atoms with Gasteiger partial charge >= 0.3 is 5.97 Å². The van der Waals surface area contributed by atoms with Crippen molar-refractivity contribution < 1.29 is 22.7 Å². The van der Waals surface area contributed by atoms with E-state index in [0.29, 0.717) is 28.5 Å². The highest BCUT2D eigenvalue weighted by Gasteiger charge is 2.33. The van der Waals surface area contributed by atoms with Gasteiger partial charge in [-0.2, -0.15) is 4.31 Å². The summed E-state index contributed by atoms with van der Waals surface area (Å²) in [6.07, 6.45) is 7.04. The third-order valence-electron chi connectivity index (χ3n) is 6.53. The van der Waals surface area contributed by atoms with Crippen LogP contribution in [0.1, 0.15) is 66.8 Å². The summed E-state index contributed by atoms with van der Waals surface area (Å²) in [5.74, 6) is -0.442. The quantitative estimate of drug-likeness (QED) is 0.431. The number of esters is 1. The maximum Gasteiger partial charge on any atom is 0.309 e. The molecule has 172 valence electrons. The van der Waals surface area contributed by atoms with Crippen LogP contribution in [0.4, 0.5) is 0 Å². The van der Waals surface area contributed by atoms with Crippen molar-refractivity contribution in [3.63, 3.8) is 0 Å². The zero-order valence-electron chi connectivity index (χ0n) is 18.1. The first kappa shape index (κ1) is 23.1. The fraction of sp³-hybridized carbons (Fsp3) is 0.500. The van der Waals surface area contributed by atoms with E-state index >= 15 is 0 Å². The largest absolute Gasteiger partial charge is 0.457 e. The summed E-state index contributed by atoms with van der Waals surface area (Å²) in [7, 11) is -3.50. The Balaban J connectivity index is 1.25. The van der Waals surface area contributed by atoms with Crippen LogP contribution in [0.2, 0.25) is 0 Å². The number of hydrogen-bond acceptors (Lipinski definition) is 6. The number of sulfonamides is 1. The van der Waals surface area contributed by atoms with E-state index in [0.717, 1.165) is 0 Å². The summed E-state index contributed by atoms with van der Waals surface area (Å²) < 4.78 is 32.2. The number of ketones is 1. The van der Waals surface area contributed by atoms with Crippen LogP contribution in [-0.2, 0) is 19.6 Å². The number of carbonyl (C=O) groups excluding carboxylic acids is 2. The van der Waals surface area contributed by atoms with Gasteiger partial charge in [0.05, 0.1) is 5.92 Å². The second-order valence-electron chi connectivity index (χ2n) is 8.60. The minimum Gasteiger partial charge on any atom is -0.457 e. The van der Waals surface area contributed by atoms with Gasteiger partial charge in [-0.05, 0) is 48.6 Å². The molecule has 0 bridgehead atoms. The van der Waals surface area contributed by atoms with Crippen molar-refractivity contribution in [2.24, 2.45) is 5.92 Å². The van der Waals surface area contributed by atoms with Gasteiger partial charge in [0.25, 0.3) is 10.0 Å². The summed E-state index contributed by atoms with van der Waals surface area (Å²) in [4.78, 5) is 24.9. The lowest BCUT2D eigenvalue weighted by atomic mass is 9.84. The van der Waals surface area contributed by atoms with Crippen molar-refractivity contribution in [1.29, 1.82) is 0 Å². The topological polar surface area (TPSA) is 80.8 Å². The predicted octanol–water partition coefficient (Wildman–Crippen LogP) is 4.62. The molecule has 0 atom stereocenters. The maximum absolute atomic E-state index is 12.6. The molecule has 1 aromatic carbocycles. The van der Waals surface area contributed by atoms with Crippen molar-refractivity contribution in [3.05, 3.63) is 52.9 Å². The van der Waals surface area contributed by atoms with Crippen molar-refractivity contribution in [2.75, 3.05) is 19.7 Å². The van der Waals surface area contributed by atoms with Gasteiger partial charge in [-0.1, -0.05) is 49.6 Å². The number of piperidine rings is 1. The molecular formula is C24H29NO5S2. The van der Waals surface area contributed by atoms with Gasteiger partial charge < -0.3 is 4.74 Å². The Kier molecular flexibility index (Phi) is 7.43. The Morgan fingerprint density at radius 1 is 0.969 bits per heavy atom. The average molecular weight is 476 g/mol. The summed E-state index contributed by atoms with van der Waals surface area (Å²) in [6.45, 7) is 0.266. The Hall–Kier alpha value is -2.03. The number of ether oxygens (including phenoxy) is 1. The van der Waals surface area contributed by atoms with Crippen LogP contribution in [0, 0.1) is 5.92 Å². The van der Waals surface area contributed by atoms with Crippen LogP contribution in [0.3, 0.4) is 0 Å². The van der Waals surface area contributed by atoms with E-state index in [-0.39, 0.29) is 31.4 Å². The van der Waals surface area contributed by atoms with Crippen LogP contribution in [0.5, 0.6) is 0 Å². The molecule has 1 aliphatic heterocycles. The van der Waals surface area contributed by atoms with Crippen molar-refractivity contribution in [3.8, 4) is 0 Å². The van der Waals surface area contributed by atoms with Gasteiger partial charge in [-0.25, -0.2) is 8.42 Å². The van der Waals surface area contributed by atoms with E-state index in [1.54, 1.807) is 17.5 Å². The number of benzene rings is 1. The molecule has 2 aromatic rings. The summed E-state index contributed by atoms with van der Waals surface area (Å²) >= 11 is 1.19. The number of nitrogens with zero attached hydrogens (tertiary/aromatic N) is 1. The van der Waals surface area contributed by atoms with E-state index in [4.69, 9.17) is 4.74 Å². The summed E-state index contributed by atoms with van der Waals surface area (Å²) in [5.41, 5.74) is 1.83. The molecule has 0 N–H and O–H groups in total. The van der Waals surface area contributed by atoms with E-state index in [1.807, 2.05) is 24.3 Å². The molecule has 2 heterocycles. The smallest absolute Gasteiger partial charge is 0.309 e. The molecule has 6 nitrogen and oxygen atoms in total. The van der Waals surface area contributed by atoms with E-state index < -0.39 is 16.0 Å². The Morgan fingerprint density at radius 2 is 1.66 bits per heavy atom. The molecule has 0 unspecified atom stereocenters. The molecule has 2 fully saturated rings. The maximum atomic E-state index is 12.6. The van der Waals surface area contributed by atoms with Crippen LogP contribution < -0.4 is 0 Å². The average Bonchev–Trinajstić information content (AvgIpc) is 3.39. The Bertz CT molecular complexity index is 1020. The first-order valence-electron chi connectivity index (χ1n) is 11.3. The lowest BCUT2D eigenvalue weighted by Gasteiger charge is -2.29. The summed E-state index contributed by atoms with van der Waals surface area (Å²) in [5, 5.41) is 1.73. The van der Waals surface area contributed by atoms with Crippen LogP contribution >= 0.6 is 11.3 Å². The monoisotopic (exact) mass is 475 g/mol. The normalized spacial score (nSPS) is 19.0. The van der Waals surface area contributed by atoms with Gasteiger partial charge in [0.15, 0.2) is 12.4 Å². The van der Waals surface area contributed by atoms with Crippen molar-refractivity contribution in [2.45, 2.75) is 55.1 Å². The molecule has 0 amide bonds. The lowest BCUT2D eigenvalue weighted by Crippen LogP contribution is -2.40. The zero-order chi connectivity index (χ0) is 22.6. The van der Waals surface area contributed by atoms with Crippen LogP contribution in [-0.4, -0.2) is 44.2 Å². The predicted molar refractivity (Wildman–Crippen MR) is 123 cm³/mol. The van der Waals surface area contributed by atoms with Gasteiger partial charge in [-0.3, -0.25) is 9.59 Å². The van der Waals surface area contributed by atoms with Crippen LogP contribution in [0.15, 0.2) is 46.0 Å². The number of rotatable bonds is 7. The second kappa shape index (κ2) is 10.3. The molecule has 1 saturated carbocycles. The summed E-state index contributed by atoms with van der Waals surface area (Å²) in [6, 6.07) is 11.0. The zero-order valence-corrected chi connectivity index (χ0v) is 19.7. The SMILES string of the molecule is O=C(COC(=O)C1CCN(S(=O)(=O)c2cccs2)CC1)c1ccc(C2CCCCC2)cc1. The Labute approximate surface area is 193 Å². The first-order chi connectivity index (χ1) is 15.4. The van der Waals surface area contributed by atoms with Gasteiger partial charge in [0.2, 0.25) is 0 Å². The second-order valence-corrected chi connectivity index (χ2v) is 11.7. The molecule has 2 aliphatic rings. The first-order valence-corrected chi connectivity index (χ1v) is 13.6. The molecule has 4 rings (SSSR count). The van der Waals surface area contributed by atoms with Gasteiger partial charge in [0.1, 0.15) is 4.21 Å². The highest BCUT2D eigenvalue weighted by Crippen LogP contribution is 2.32. The molecule has 0 radical (unpaired) electrons. The third-order valence-corrected chi connectivity index (χ3v) is 9.80. The molecule has 32 heavy (non-hydrogen) atoms. The molecule has 1 aromatic heterocycles. The minimum atomic E-state index is -3.50. The number of hydrogen-bond donors (Lipinski definition) is 0. The van der Waals surface area contributed by atoms with E-state index in [9.17, 15) is 18.0 Å². The number of thiophene rings is 1. The molecule has 1 aliphatic carbocycles. The van der Waals surface area contributed by atoms with Gasteiger partial charge in [-0.15, -0.1) is 11.3 Å². The standard InChI is InChI=1S/C24H29NO5S2/c26-22(20-10-8-19(9-11-20)18-5-2-1-3-6-18)17-30-24(27)21-12-14-25(15-13-21)32(28,29)23-7-4-16-31-23/h4,7-11,16,18,21H,1-3,5-6,12-15,17H2. The van der Waals surface area contributed by atoms with Crippen LogP contribution in [0.25, 0.3) is 0 Å². The third kappa shape index (κ3) is 5.30. The lowest BCUT2D eigenvalue weighted by molar-refractivity contribution is -0.148. The molecule has 1 saturated heterocycles. The molecule has 8 heteroatoms. The fourth-order valence-electron chi connectivity index (χ4n) is 4.58. The van der Waals surface area contributed by atoms with E-state index in [1.165, 1.54) is 53.3 Å². The van der Waals surface area contributed by atoms with Crippen molar-refractivity contribution >= 4 is 33.1 Å². The van der Waals surface area contributed by atoms with Gasteiger partial charge in [0, 0.05) is 18.7 Å². The highest BCUT2D eigenvalue weighted by atomic mass is 32.2. The fourth-order valence-corrected chi connectivity index (χ4v) is 7.20.